The summed E-state index contributed by atoms with van der Waals surface area (Å²) in [6.45, 7) is 3.19. The standard InChI is InChI=1S/C20H23N5O3/c26-25(27)14-6-4-13(5-7-14)24-20(23-8-10-28-11-9-23)18-12-17(19(20)21-22-24)15-2-1-3-16(15)18/h1,3-7,15-19H,2,8-12H2/t15-,16-,17+,18+,19-,20-/m1/s1. The Morgan fingerprint density at radius 3 is 2.71 bits per heavy atom. The van der Waals surface area contributed by atoms with Gasteiger partial charge in [0.2, 0.25) is 0 Å². The van der Waals surface area contributed by atoms with E-state index in [1.807, 2.05) is 12.1 Å². The summed E-state index contributed by atoms with van der Waals surface area (Å²) < 4.78 is 5.64. The molecule has 8 nitrogen and oxygen atoms in total. The van der Waals surface area contributed by atoms with Gasteiger partial charge in [0.15, 0.2) is 0 Å². The van der Waals surface area contributed by atoms with Crippen LogP contribution in [0.4, 0.5) is 11.4 Å². The maximum atomic E-state index is 11.1. The van der Waals surface area contributed by atoms with E-state index >= 15 is 0 Å². The molecule has 0 amide bonds. The summed E-state index contributed by atoms with van der Waals surface area (Å²) >= 11 is 0. The topological polar surface area (TPSA) is 83.6 Å². The summed E-state index contributed by atoms with van der Waals surface area (Å²) in [5.41, 5.74) is 0.707. The van der Waals surface area contributed by atoms with Gasteiger partial charge in [0, 0.05) is 31.1 Å². The van der Waals surface area contributed by atoms with Gasteiger partial charge in [-0.15, -0.1) is 0 Å². The highest BCUT2D eigenvalue weighted by Crippen LogP contribution is 2.66. The van der Waals surface area contributed by atoms with Gasteiger partial charge in [0.25, 0.3) is 5.69 Å². The third kappa shape index (κ3) is 1.97. The number of nitro groups is 1. The van der Waals surface area contributed by atoms with E-state index in [1.54, 1.807) is 12.1 Å². The van der Waals surface area contributed by atoms with Crippen molar-refractivity contribution < 1.29 is 9.66 Å². The Kier molecular flexibility index (Phi) is 3.47. The third-order valence-electron chi connectivity index (χ3n) is 7.62. The van der Waals surface area contributed by atoms with Crippen LogP contribution < -0.4 is 5.01 Å². The van der Waals surface area contributed by atoms with Gasteiger partial charge in [-0.1, -0.05) is 17.4 Å². The lowest BCUT2D eigenvalue weighted by Gasteiger charge is -2.53. The SMILES string of the molecule is O=[N+]([O-])c1ccc(N2N=N[C@@H]3[C@H]4C[C@@H]([C@@H]5C=CC[C@H]54)[C@]32N2CCOCC2)cc1. The fourth-order valence-electron chi connectivity index (χ4n) is 6.65. The minimum Gasteiger partial charge on any atom is -0.379 e. The molecule has 0 N–H and O–H groups in total. The monoisotopic (exact) mass is 381 g/mol. The van der Waals surface area contributed by atoms with Crippen LogP contribution in [0.3, 0.4) is 0 Å². The predicted octanol–water partition coefficient (Wildman–Crippen LogP) is 3.02. The number of allylic oxidation sites excluding steroid dienone is 2. The lowest BCUT2D eigenvalue weighted by Crippen LogP contribution is -2.69. The summed E-state index contributed by atoms with van der Waals surface area (Å²) in [5.74, 6) is 2.29. The molecule has 6 rings (SSSR count). The molecule has 1 aromatic rings. The largest absolute Gasteiger partial charge is 0.379 e. The van der Waals surface area contributed by atoms with Crippen molar-refractivity contribution in [3.05, 3.63) is 46.5 Å². The fourth-order valence-corrected chi connectivity index (χ4v) is 6.65. The third-order valence-corrected chi connectivity index (χ3v) is 7.62. The number of hydrogen-bond donors (Lipinski definition) is 0. The Balaban J connectivity index is 1.45. The second-order valence-electron chi connectivity index (χ2n) is 8.53. The van der Waals surface area contributed by atoms with E-state index in [0.717, 1.165) is 38.4 Å². The van der Waals surface area contributed by atoms with Crippen molar-refractivity contribution in [3.8, 4) is 0 Å². The number of morpholine rings is 1. The molecule has 2 saturated carbocycles. The number of hydrogen-bond acceptors (Lipinski definition) is 7. The minimum atomic E-state index is -0.360. The highest BCUT2D eigenvalue weighted by molar-refractivity contribution is 5.55. The normalized spacial score (nSPS) is 40.9. The maximum absolute atomic E-state index is 11.1. The molecule has 1 saturated heterocycles. The van der Waals surface area contributed by atoms with E-state index in [9.17, 15) is 10.1 Å². The number of fused-ring (bicyclic) bond motifs is 8. The summed E-state index contributed by atoms with van der Waals surface area (Å²) in [4.78, 5) is 13.3. The Labute approximate surface area is 163 Å². The molecule has 3 fully saturated rings. The predicted molar refractivity (Wildman–Crippen MR) is 102 cm³/mol. The Hall–Kier alpha value is -2.32. The van der Waals surface area contributed by atoms with E-state index in [4.69, 9.17) is 9.85 Å². The van der Waals surface area contributed by atoms with Gasteiger partial charge >= 0.3 is 0 Å². The number of rotatable bonds is 3. The van der Waals surface area contributed by atoms with Crippen LogP contribution in [0, 0.1) is 33.8 Å². The van der Waals surface area contributed by atoms with Crippen LogP contribution in [-0.2, 0) is 4.74 Å². The molecule has 28 heavy (non-hydrogen) atoms. The molecule has 6 atom stereocenters. The summed E-state index contributed by atoms with van der Waals surface area (Å²) in [5, 5.41) is 22.6. The molecule has 0 spiro atoms. The van der Waals surface area contributed by atoms with Crippen molar-refractivity contribution in [2.75, 3.05) is 31.3 Å². The first kappa shape index (κ1) is 16.6. The molecule has 3 aliphatic carbocycles. The molecule has 1 aromatic carbocycles. The van der Waals surface area contributed by atoms with Crippen LogP contribution >= 0.6 is 0 Å². The Bertz CT molecular complexity index is 865. The first-order valence-electron chi connectivity index (χ1n) is 10.2. The van der Waals surface area contributed by atoms with Gasteiger partial charge in [-0.2, -0.15) is 5.11 Å². The lowest BCUT2D eigenvalue weighted by molar-refractivity contribution is -0.384. The van der Waals surface area contributed by atoms with Gasteiger partial charge in [-0.05, 0) is 42.7 Å². The van der Waals surface area contributed by atoms with E-state index in [0.29, 0.717) is 23.7 Å². The first-order valence-corrected chi connectivity index (χ1v) is 10.2. The van der Waals surface area contributed by atoms with Crippen molar-refractivity contribution in [1.82, 2.24) is 4.90 Å². The average molecular weight is 381 g/mol. The second kappa shape index (κ2) is 5.84. The fraction of sp³-hybridized carbons (Fsp3) is 0.600. The molecule has 0 aromatic heterocycles. The number of ether oxygens (including phenoxy) is 1. The maximum Gasteiger partial charge on any atom is 0.269 e. The zero-order chi connectivity index (χ0) is 18.9. The summed E-state index contributed by atoms with van der Waals surface area (Å²) in [6, 6.07) is 6.92. The second-order valence-corrected chi connectivity index (χ2v) is 8.53. The van der Waals surface area contributed by atoms with Crippen LogP contribution in [-0.4, -0.2) is 47.8 Å². The van der Waals surface area contributed by atoms with Crippen LogP contribution in [0.1, 0.15) is 12.8 Å². The van der Waals surface area contributed by atoms with E-state index in [-0.39, 0.29) is 22.3 Å². The molecule has 2 aliphatic heterocycles. The quantitative estimate of drug-likeness (QED) is 0.457. The molecule has 8 heteroatoms. The number of non-ortho nitro benzene ring substituents is 1. The highest BCUT2D eigenvalue weighted by atomic mass is 16.6. The zero-order valence-electron chi connectivity index (χ0n) is 15.6. The average Bonchev–Trinajstić information content (AvgIpc) is 3.46. The van der Waals surface area contributed by atoms with Crippen molar-refractivity contribution in [2.45, 2.75) is 24.5 Å². The van der Waals surface area contributed by atoms with E-state index < -0.39 is 0 Å². The van der Waals surface area contributed by atoms with Crippen LogP contribution in [0.25, 0.3) is 0 Å². The number of benzene rings is 1. The highest BCUT2D eigenvalue weighted by Gasteiger charge is 2.72. The number of nitro benzene ring substituents is 1. The van der Waals surface area contributed by atoms with E-state index in [2.05, 4.69) is 27.3 Å². The Morgan fingerprint density at radius 2 is 1.96 bits per heavy atom. The molecular formula is C20H23N5O3. The molecule has 0 radical (unpaired) electrons. The smallest absolute Gasteiger partial charge is 0.269 e. The van der Waals surface area contributed by atoms with Crippen molar-refractivity contribution in [1.29, 1.82) is 0 Å². The van der Waals surface area contributed by atoms with Crippen molar-refractivity contribution >= 4 is 11.4 Å². The minimum absolute atomic E-state index is 0.101. The molecular weight excluding hydrogens is 358 g/mol. The summed E-state index contributed by atoms with van der Waals surface area (Å²) in [7, 11) is 0. The molecule has 146 valence electrons. The van der Waals surface area contributed by atoms with Gasteiger partial charge < -0.3 is 4.74 Å². The molecule has 0 unspecified atom stereocenters. The zero-order valence-corrected chi connectivity index (χ0v) is 15.6. The van der Waals surface area contributed by atoms with Crippen LogP contribution in [0.15, 0.2) is 46.8 Å². The van der Waals surface area contributed by atoms with Crippen molar-refractivity contribution in [2.24, 2.45) is 34.0 Å². The molecule has 5 aliphatic rings. The molecule has 2 bridgehead atoms. The first-order chi connectivity index (χ1) is 13.7. The number of anilines is 1. The molecule has 2 heterocycles. The lowest BCUT2D eigenvalue weighted by atomic mass is 9.71. The van der Waals surface area contributed by atoms with Crippen LogP contribution in [0.2, 0.25) is 0 Å². The van der Waals surface area contributed by atoms with Gasteiger partial charge in [0.1, 0.15) is 11.7 Å². The van der Waals surface area contributed by atoms with E-state index in [1.165, 1.54) is 6.42 Å². The van der Waals surface area contributed by atoms with Gasteiger partial charge in [-0.3, -0.25) is 15.0 Å². The number of nitrogens with zero attached hydrogens (tertiary/aromatic N) is 5. The summed E-state index contributed by atoms with van der Waals surface area (Å²) in [6.07, 6.45) is 7.11. The van der Waals surface area contributed by atoms with Gasteiger partial charge in [0.05, 0.1) is 23.8 Å². The van der Waals surface area contributed by atoms with Gasteiger partial charge in [-0.25, -0.2) is 5.01 Å². The Morgan fingerprint density at radius 1 is 1.18 bits per heavy atom. The van der Waals surface area contributed by atoms with Crippen LogP contribution in [0.5, 0.6) is 0 Å². The van der Waals surface area contributed by atoms with Crippen molar-refractivity contribution in [3.63, 3.8) is 0 Å².